The fraction of sp³-hybridized carbons (Fsp3) is 0.469. The van der Waals surface area contributed by atoms with Crippen molar-refractivity contribution >= 4 is 33.2 Å². The molecule has 4 aromatic rings. The molecule has 45 heavy (non-hydrogen) atoms. The molecule has 2 atom stereocenters. The fourth-order valence-electron chi connectivity index (χ4n) is 6.89. The van der Waals surface area contributed by atoms with Crippen LogP contribution in [-0.4, -0.2) is 70.3 Å². The van der Waals surface area contributed by atoms with Gasteiger partial charge in [-0.15, -0.1) is 11.3 Å². The number of halogens is 4. The van der Waals surface area contributed by atoms with E-state index < -0.39 is 24.0 Å². The first-order valence-electron chi connectivity index (χ1n) is 14.9. The van der Waals surface area contributed by atoms with Crippen molar-refractivity contribution in [3.05, 3.63) is 79.0 Å². The quantitative estimate of drug-likeness (QED) is 0.205. The second kappa shape index (κ2) is 12.2. The molecule has 8 nitrogen and oxygen atoms in total. The molecule has 0 radical (unpaired) electrons. The van der Waals surface area contributed by atoms with Crippen LogP contribution in [0, 0.1) is 6.92 Å². The number of nitrogens with zero attached hydrogens (tertiary/aromatic N) is 4. The van der Waals surface area contributed by atoms with Crippen molar-refractivity contribution < 1.29 is 27.1 Å². The molecule has 3 aromatic heterocycles. The fourth-order valence-corrected chi connectivity index (χ4v) is 8.29. The number of hydrogen-bond donors (Lipinski definition) is 0. The second-order valence-electron chi connectivity index (χ2n) is 12.3. The molecule has 13 heteroatoms. The van der Waals surface area contributed by atoms with Crippen LogP contribution in [0.3, 0.4) is 0 Å². The standard InChI is InChI=1S/C32H35ClF3N4O4S/c1-19-11-20(33)12-26(29(19)44-23-13-22(14-23)40(2)10-4-5-21(40)17-43-3)25-6-8-37-27-15-24(45-30(25)27)16-39-28(41)7-9-38(31(39)42)18-32(34,35)36/h6-9,11-12,15,21-23H,4-5,10,13-14,16-18H2,1-3H3/q+1/t21-,22?,23?,40?/m0/s1. The summed E-state index contributed by atoms with van der Waals surface area (Å²) in [6.45, 7) is 2.23. The smallest absolute Gasteiger partial charge is 0.406 e. The van der Waals surface area contributed by atoms with E-state index in [1.54, 1.807) is 19.4 Å². The van der Waals surface area contributed by atoms with Gasteiger partial charge in [-0.2, -0.15) is 13.2 Å². The minimum Gasteiger partial charge on any atom is -0.489 e. The Labute approximate surface area is 267 Å². The summed E-state index contributed by atoms with van der Waals surface area (Å²) in [5.74, 6) is 0.747. The maximum atomic E-state index is 13.0. The van der Waals surface area contributed by atoms with E-state index in [2.05, 4.69) is 12.0 Å². The number of aromatic nitrogens is 3. The molecule has 1 saturated heterocycles. The maximum Gasteiger partial charge on any atom is 0.406 e. The predicted molar refractivity (Wildman–Crippen MR) is 168 cm³/mol. The Balaban J connectivity index is 1.29. The van der Waals surface area contributed by atoms with Crippen LogP contribution in [0.1, 0.15) is 36.1 Å². The lowest BCUT2D eigenvalue weighted by Gasteiger charge is -2.49. The molecule has 4 heterocycles. The number of likely N-dealkylation sites (N-methyl/N-ethyl adjacent to an activating group) is 1. The number of thiophene rings is 1. The molecule has 2 aliphatic rings. The molecular weight excluding hydrogens is 629 g/mol. The van der Waals surface area contributed by atoms with E-state index in [1.807, 2.05) is 25.1 Å². The van der Waals surface area contributed by atoms with Gasteiger partial charge in [0.2, 0.25) is 0 Å². The lowest BCUT2D eigenvalue weighted by atomic mass is 9.85. The van der Waals surface area contributed by atoms with Crippen LogP contribution in [0.4, 0.5) is 13.2 Å². The van der Waals surface area contributed by atoms with Gasteiger partial charge in [-0.1, -0.05) is 11.6 Å². The molecule has 0 N–H and O–H groups in total. The number of hydrogen-bond acceptors (Lipinski definition) is 6. The van der Waals surface area contributed by atoms with Gasteiger partial charge in [-0.3, -0.25) is 18.9 Å². The molecule has 1 aromatic carbocycles. The maximum absolute atomic E-state index is 13.0. The van der Waals surface area contributed by atoms with Gasteiger partial charge in [0.15, 0.2) is 0 Å². The molecule has 240 valence electrons. The molecule has 6 rings (SSSR count). The molecule has 0 bridgehead atoms. The van der Waals surface area contributed by atoms with Crippen molar-refractivity contribution in [1.29, 1.82) is 0 Å². The Morgan fingerprint density at radius 1 is 1.16 bits per heavy atom. The van der Waals surface area contributed by atoms with Gasteiger partial charge in [-0.05, 0) is 36.8 Å². The minimum absolute atomic E-state index is 0.0624. The van der Waals surface area contributed by atoms with E-state index in [0.29, 0.717) is 32.1 Å². The van der Waals surface area contributed by atoms with Crippen molar-refractivity contribution in [2.45, 2.75) is 70.1 Å². The van der Waals surface area contributed by atoms with Crippen LogP contribution in [0.5, 0.6) is 5.75 Å². The first kappa shape index (κ1) is 31.8. The number of quaternary nitrogens is 1. The monoisotopic (exact) mass is 663 g/mol. The topological polar surface area (TPSA) is 75.3 Å². The third-order valence-corrected chi connectivity index (χ3v) is 10.7. The zero-order valence-corrected chi connectivity index (χ0v) is 26.8. The average Bonchev–Trinajstić information content (AvgIpc) is 3.53. The van der Waals surface area contributed by atoms with Crippen molar-refractivity contribution in [2.24, 2.45) is 0 Å². The van der Waals surface area contributed by atoms with E-state index in [1.165, 1.54) is 24.2 Å². The van der Waals surface area contributed by atoms with Gasteiger partial charge in [-0.25, -0.2) is 4.79 Å². The molecule has 1 aliphatic heterocycles. The number of fused-ring (bicyclic) bond motifs is 1. The van der Waals surface area contributed by atoms with Gasteiger partial charge in [0.25, 0.3) is 5.56 Å². The van der Waals surface area contributed by atoms with Gasteiger partial charge in [0.05, 0.1) is 43.0 Å². The Morgan fingerprint density at radius 3 is 2.67 bits per heavy atom. The third-order valence-electron chi connectivity index (χ3n) is 9.35. The van der Waals surface area contributed by atoms with Crippen molar-refractivity contribution in [3.63, 3.8) is 0 Å². The van der Waals surface area contributed by atoms with Crippen LogP contribution in [-0.2, 0) is 17.8 Å². The molecule has 1 unspecified atom stereocenters. The summed E-state index contributed by atoms with van der Waals surface area (Å²) in [5, 5.41) is 0.557. The largest absolute Gasteiger partial charge is 0.489 e. The Hall–Kier alpha value is -3.19. The molecule has 1 saturated carbocycles. The van der Waals surface area contributed by atoms with E-state index in [0.717, 1.165) is 74.4 Å². The Bertz CT molecular complexity index is 1850. The summed E-state index contributed by atoms with van der Waals surface area (Å²) in [5.41, 5.74) is 1.48. The van der Waals surface area contributed by atoms with Crippen molar-refractivity contribution in [2.75, 3.05) is 27.3 Å². The zero-order chi connectivity index (χ0) is 32.1. The summed E-state index contributed by atoms with van der Waals surface area (Å²) in [4.78, 5) is 30.4. The lowest BCUT2D eigenvalue weighted by Crippen LogP contribution is -2.63. The van der Waals surface area contributed by atoms with Crippen LogP contribution < -0.4 is 16.0 Å². The lowest BCUT2D eigenvalue weighted by molar-refractivity contribution is -0.951. The number of alkyl halides is 3. The van der Waals surface area contributed by atoms with E-state index >= 15 is 0 Å². The number of pyridine rings is 1. The molecule has 2 fully saturated rings. The summed E-state index contributed by atoms with van der Waals surface area (Å²) in [6, 6.07) is 9.37. The molecular formula is C32H35ClF3N4O4S+. The van der Waals surface area contributed by atoms with Crippen LogP contribution in [0.15, 0.2) is 52.3 Å². The van der Waals surface area contributed by atoms with Crippen molar-refractivity contribution in [1.82, 2.24) is 14.1 Å². The first-order valence-corrected chi connectivity index (χ1v) is 16.1. The summed E-state index contributed by atoms with van der Waals surface area (Å²) >= 11 is 7.88. The highest BCUT2D eigenvalue weighted by molar-refractivity contribution is 7.19. The van der Waals surface area contributed by atoms with Gasteiger partial charge in [0.1, 0.15) is 24.4 Å². The second-order valence-corrected chi connectivity index (χ2v) is 13.9. The predicted octanol–water partition coefficient (Wildman–Crippen LogP) is 6.02. The van der Waals surface area contributed by atoms with Crippen molar-refractivity contribution in [3.8, 4) is 16.9 Å². The van der Waals surface area contributed by atoms with Gasteiger partial charge in [0, 0.05) is 72.3 Å². The molecule has 1 aliphatic carbocycles. The highest BCUT2D eigenvalue weighted by atomic mass is 35.5. The number of rotatable bonds is 9. The molecule has 0 amide bonds. The van der Waals surface area contributed by atoms with Crippen LogP contribution in [0.25, 0.3) is 21.3 Å². The number of aryl methyl sites for hydroxylation is 1. The van der Waals surface area contributed by atoms with Crippen LogP contribution >= 0.6 is 22.9 Å². The third kappa shape index (κ3) is 6.30. The highest BCUT2D eigenvalue weighted by Gasteiger charge is 2.50. The van der Waals surface area contributed by atoms with Gasteiger partial charge < -0.3 is 14.0 Å². The van der Waals surface area contributed by atoms with Crippen LogP contribution in [0.2, 0.25) is 5.02 Å². The Morgan fingerprint density at radius 2 is 1.93 bits per heavy atom. The average molecular weight is 664 g/mol. The first-order chi connectivity index (χ1) is 21.4. The number of methoxy groups -OCH3 is 1. The normalized spacial score (nSPS) is 23.4. The summed E-state index contributed by atoms with van der Waals surface area (Å²) in [6.07, 6.45) is 2.29. The highest BCUT2D eigenvalue weighted by Crippen LogP contribution is 2.45. The minimum atomic E-state index is -4.60. The van der Waals surface area contributed by atoms with E-state index in [4.69, 9.17) is 21.1 Å². The number of ether oxygens (including phenoxy) is 2. The van der Waals surface area contributed by atoms with E-state index in [9.17, 15) is 22.8 Å². The SMILES string of the molecule is COC[C@@H]1CCC[N+]1(C)C1CC(Oc2c(C)cc(Cl)cc2-c2ccnc3cc(Cn4c(=O)ccn(CC(F)(F)F)c4=O)sc23)C1. The number of benzene rings is 1. The summed E-state index contributed by atoms with van der Waals surface area (Å²) < 4.78 is 54.3. The molecule has 0 spiro atoms. The Kier molecular flexibility index (Phi) is 8.62. The van der Waals surface area contributed by atoms with Gasteiger partial charge >= 0.3 is 11.9 Å². The van der Waals surface area contributed by atoms with E-state index in [-0.39, 0.29) is 12.6 Å². The summed E-state index contributed by atoms with van der Waals surface area (Å²) in [7, 11) is 4.11. The zero-order valence-electron chi connectivity index (χ0n) is 25.3. The number of likely N-dealkylation sites (tertiary alicyclic amines) is 1.